The van der Waals surface area contributed by atoms with Crippen LogP contribution in [0.15, 0.2) is 36.4 Å². The summed E-state index contributed by atoms with van der Waals surface area (Å²) in [4.78, 5) is 11.4. The van der Waals surface area contributed by atoms with Gasteiger partial charge in [-0.05, 0) is 35.6 Å². The van der Waals surface area contributed by atoms with Crippen LogP contribution in [0.5, 0.6) is 17.2 Å². The van der Waals surface area contributed by atoms with Crippen molar-refractivity contribution >= 4 is 5.97 Å². The normalized spacial score (nSPS) is 11.1. The fraction of sp³-hybridized carbons (Fsp3) is 0.381. The molecule has 1 N–H and O–H groups in total. The predicted molar refractivity (Wildman–Crippen MR) is 101 cm³/mol. The monoisotopic (exact) mass is 358 g/mol. The molecule has 26 heavy (non-hydrogen) atoms. The standard InChI is InChI=1S/C21H26O5/c1-14-8-6-10-16(21(2,3)4)18(14)25-12-13-26-19-15(20(22)23)9-7-11-17(19)24-5/h6-11H,12-13H2,1-5H3,(H,22,23). The number of methoxy groups -OCH3 is 1. The molecule has 0 aliphatic heterocycles. The number of hydrogen-bond acceptors (Lipinski definition) is 4. The van der Waals surface area contributed by atoms with E-state index in [4.69, 9.17) is 14.2 Å². The van der Waals surface area contributed by atoms with Gasteiger partial charge in [-0.25, -0.2) is 4.79 Å². The van der Waals surface area contributed by atoms with Gasteiger partial charge in [-0.3, -0.25) is 0 Å². The molecular weight excluding hydrogens is 332 g/mol. The van der Waals surface area contributed by atoms with E-state index in [2.05, 4.69) is 26.8 Å². The lowest BCUT2D eigenvalue weighted by Crippen LogP contribution is -2.17. The highest BCUT2D eigenvalue weighted by Gasteiger charge is 2.20. The fourth-order valence-electron chi connectivity index (χ4n) is 2.72. The van der Waals surface area contributed by atoms with Crippen LogP contribution in [0, 0.1) is 6.92 Å². The van der Waals surface area contributed by atoms with Gasteiger partial charge < -0.3 is 19.3 Å². The minimum absolute atomic E-state index is 0.0403. The molecule has 0 saturated carbocycles. The summed E-state index contributed by atoms with van der Waals surface area (Å²) in [5, 5.41) is 9.32. The number of carboxylic acids is 1. The van der Waals surface area contributed by atoms with E-state index in [1.54, 1.807) is 12.1 Å². The van der Waals surface area contributed by atoms with E-state index >= 15 is 0 Å². The highest BCUT2D eigenvalue weighted by Crippen LogP contribution is 2.34. The van der Waals surface area contributed by atoms with Crippen molar-refractivity contribution in [2.45, 2.75) is 33.1 Å². The summed E-state index contributed by atoms with van der Waals surface area (Å²) in [5.41, 5.74) is 2.21. The Hall–Kier alpha value is -2.69. The van der Waals surface area contributed by atoms with Crippen molar-refractivity contribution in [1.82, 2.24) is 0 Å². The molecular formula is C21H26O5. The van der Waals surface area contributed by atoms with Crippen molar-refractivity contribution in [2.24, 2.45) is 0 Å². The first kappa shape index (κ1) is 19.6. The zero-order chi connectivity index (χ0) is 19.3. The quantitative estimate of drug-likeness (QED) is 0.741. The lowest BCUT2D eigenvalue weighted by molar-refractivity contribution is 0.0690. The maximum atomic E-state index is 11.4. The number of aryl methyl sites for hydroxylation is 1. The second-order valence-electron chi connectivity index (χ2n) is 7.04. The zero-order valence-corrected chi connectivity index (χ0v) is 16.0. The number of benzene rings is 2. The van der Waals surface area contributed by atoms with Gasteiger partial charge in [-0.1, -0.05) is 45.0 Å². The SMILES string of the molecule is COc1cccc(C(=O)O)c1OCCOc1c(C)cccc1C(C)(C)C. The summed E-state index contributed by atoms with van der Waals surface area (Å²) in [6.07, 6.45) is 0. The first-order chi connectivity index (χ1) is 12.3. The van der Waals surface area contributed by atoms with E-state index in [0.29, 0.717) is 12.4 Å². The van der Waals surface area contributed by atoms with Gasteiger partial charge in [0.15, 0.2) is 11.5 Å². The molecule has 0 unspecified atom stereocenters. The number of carboxylic acid groups (broad SMARTS) is 1. The Kier molecular flexibility index (Phi) is 6.14. The van der Waals surface area contributed by atoms with Gasteiger partial charge in [-0.2, -0.15) is 0 Å². The number of hydrogen-bond donors (Lipinski definition) is 1. The summed E-state index contributed by atoms with van der Waals surface area (Å²) < 4.78 is 16.9. The molecule has 2 aromatic carbocycles. The number of para-hydroxylation sites is 2. The highest BCUT2D eigenvalue weighted by molar-refractivity contribution is 5.92. The molecule has 0 aromatic heterocycles. The average molecular weight is 358 g/mol. The molecule has 5 heteroatoms. The molecule has 0 saturated heterocycles. The Morgan fingerprint density at radius 1 is 1.00 bits per heavy atom. The van der Waals surface area contributed by atoms with Crippen LogP contribution in [0.25, 0.3) is 0 Å². The van der Waals surface area contributed by atoms with Crippen molar-refractivity contribution in [3.05, 3.63) is 53.1 Å². The molecule has 0 spiro atoms. The minimum Gasteiger partial charge on any atom is -0.493 e. The minimum atomic E-state index is -1.06. The number of aromatic carboxylic acids is 1. The molecule has 5 nitrogen and oxygen atoms in total. The van der Waals surface area contributed by atoms with Crippen LogP contribution in [0.2, 0.25) is 0 Å². The Balaban J connectivity index is 2.11. The number of rotatable bonds is 7. The largest absolute Gasteiger partial charge is 0.493 e. The van der Waals surface area contributed by atoms with Gasteiger partial charge in [0.05, 0.1) is 7.11 Å². The molecule has 0 fully saturated rings. The highest BCUT2D eigenvalue weighted by atomic mass is 16.5. The predicted octanol–water partition coefficient (Wildman–Crippen LogP) is 4.46. The Morgan fingerprint density at radius 2 is 1.62 bits per heavy atom. The molecule has 0 radical (unpaired) electrons. The van der Waals surface area contributed by atoms with Crippen LogP contribution >= 0.6 is 0 Å². The first-order valence-electron chi connectivity index (χ1n) is 8.51. The van der Waals surface area contributed by atoms with E-state index < -0.39 is 5.97 Å². The van der Waals surface area contributed by atoms with E-state index in [1.165, 1.54) is 13.2 Å². The van der Waals surface area contributed by atoms with Gasteiger partial charge >= 0.3 is 5.97 Å². The van der Waals surface area contributed by atoms with Gasteiger partial charge in [0.25, 0.3) is 0 Å². The van der Waals surface area contributed by atoms with Crippen LogP contribution < -0.4 is 14.2 Å². The summed E-state index contributed by atoms with van der Waals surface area (Å²) in [6.45, 7) is 8.93. The summed E-state index contributed by atoms with van der Waals surface area (Å²) in [7, 11) is 1.48. The third-order valence-electron chi connectivity index (χ3n) is 4.03. The second-order valence-corrected chi connectivity index (χ2v) is 7.04. The lowest BCUT2D eigenvalue weighted by Gasteiger charge is -2.24. The van der Waals surface area contributed by atoms with Crippen LogP contribution in [-0.4, -0.2) is 31.4 Å². The van der Waals surface area contributed by atoms with Crippen molar-refractivity contribution in [3.63, 3.8) is 0 Å². The van der Waals surface area contributed by atoms with Crippen LogP contribution in [0.4, 0.5) is 0 Å². The van der Waals surface area contributed by atoms with Gasteiger partial charge in [0, 0.05) is 0 Å². The summed E-state index contributed by atoms with van der Waals surface area (Å²) >= 11 is 0. The number of ether oxygens (including phenoxy) is 3. The maximum absolute atomic E-state index is 11.4. The second kappa shape index (κ2) is 8.13. The molecule has 0 bridgehead atoms. The van der Waals surface area contributed by atoms with Crippen molar-refractivity contribution in [2.75, 3.05) is 20.3 Å². The summed E-state index contributed by atoms with van der Waals surface area (Å²) in [6, 6.07) is 10.9. The summed E-state index contributed by atoms with van der Waals surface area (Å²) in [5.74, 6) is 0.388. The molecule has 0 aliphatic carbocycles. The Labute approximate surface area is 154 Å². The van der Waals surface area contributed by atoms with Crippen molar-refractivity contribution in [1.29, 1.82) is 0 Å². The van der Waals surface area contributed by atoms with Gasteiger partial charge in [0.1, 0.15) is 24.5 Å². The number of carbonyl (C=O) groups is 1. The first-order valence-corrected chi connectivity index (χ1v) is 8.51. The van der Waals surface area contributed by atoms with Crippen LogP contribution in [0.1, 0.15) is 42.3 Å². The molecule has 0 amide bonds. The smallest absolute Gasteiger partial charge is 0.339 e. The maximum Gasteiger partial charge on any atom is 0.339 e. The lowest BCUT2D eigenvalue weighted by atomic mass is 9.85. The third kappa shape index (κ3) is 4.48. The molecule has 140 valence electrons. The van der Waals surface area contributed by atoms with E-state index in [0.717, 1.165) is 16.9 Å². The molecule has 2 rings (SSSR count). The van der Waals surface area contributed by atoms with Crippen LogP contribution in [-0.2, 0) is 5.41 Å². The molecule has 0 heterocycles. The van der Waals surface area contributed by atoms with Crippen LogP contribution in [0.3, 0.4) is 0 Å². The fourth-order valence-corrected chi connectivity index (χ4v) is 2.72. The van der Waals surface area contributed by atoms with E-state index in [9.17, 15) is 9.90 Å². The molecule has 0 atom stereocenters. The average Bonchev–Trinajstić information content (AvgIpc) is 2.58. The van der Waals surface area contributed by atoms with Gasteiger partial charge in [-0.15, -0.1) is 0 Å². The molecule has 0 aliphatic rings. The molecule has 2 aromatic rings. The Morgan fingerprint density at radius 3 is 2.19 bits per heavy atom. The van der Waals surface area contributed by atoms with Crippen molar-refractivity contribution in [3.8, 4) is 17.2 Å². The third-order valence-corrected chi connectivity index (χ3v) is 4.03. The van der Waals surface area contributed by atoms with Crippen molar-refractivity contribution < 1.29 is 24.1 Å². The zero-order valence-electron chi connectivity index (χ0n) is 16.0. The van der Waals surface area contributed by atoms with E-state index in [-0.39, 0.29) is 23.3 Å². The van der Waals surface area contributed by atoms with E-state index in [1.807, 2.05) is 19.1 Å². The Bertz CT molecular complexity index is 774. The van der Waals surface area contributed by atoms with Gasteiger partial charge in [0.2, 0.25) is 0 Å². The topological polar surface area (TPSA) is 65.0 Å².